The van der Waals surface area contributed by atoms with Gasteiger partial charge < -0.3 is 14.9 Å². The monoisotopic (exact) mass is 396 g/mol. The van der Waals surface area contributed by atoms with E-state index in [-0.39, 0.29) is 23.4 Å². The Bertz CT molecular complexity index is 995. The Labute approximate surface area is 168 Å². The quantitative estimate of drug-likeness (QED) is 0.770. The van der Waals surface area contributed by atoms with E-state index in [0.29, 0.717) is 49.2 Å². The third kappa shape index (κ3) is 3.18. The molecule has 8 nitrogen and oxygen atoms in total. The van der Waals surface area contributed by atoms with Gasteiger partial charge in [0.1, 0.15) is 11.4 Å². The van der Waals surface area contributed by atoms with Gasteiger partial charge in [0.15, 0.2) is 0 Å². The predicted octanol–water partition coefficient (Wildman–Crippen LogP) is 2.48. The maximum Gasteiger partial charge on any atom is 0.336 e. The molecule has 1 aromatic heterocycles. The number of hydrogen-bond donors (Lipinski definition) is 2. The van der Waals surface area contributed by atoms with Gasteiger partial charge in [0, 0.05) is 25.0 Å². The molecule has 3 amide bonds. The molecular weight excluding hydrogens is 372 g/mol. The van der Waals surface area contributed by atoms with Crippen molar-refractivity contribution in [1.29, 1.82) is 0 Å². The molecule has 1 spiro atoms. The second-order valence-electron chi connectivity index (χ2n) is 8.13. The zero-order valence-electron chi connectivity index (χ0n) is 16.5. The molecular formula is C21H24N4O4. The van der Waals surface area contributed by atoms with Crippen LogP contribution in [0.5, 0.6) is 0 Å². The van der Waals surface area contributed by atoms with Crippen LogP contribution in [0.25, 0.3) is 10.9 Å². The Kier molecular flexibility index (Phi) is 4.64. The standard InChI is InChI=1S/C21H24N4O4/c1-13(2)12-25-20(29)23-19(28)21(25)7-9-24(10-8-21)17-11-15(18(26)27)14-5-3-4-6-16(14)22-17/h3-6,11,13H,7-10,12H2,1-2H3,(H,26,27)(H,23,28,29). The van der Waals surface area contributed by atoms with Gasteiger partial charge in [-0.25, -0.2) is 14.6 Å². The molecule has 0 bridgehead atoms. The molecule has 152 valence electrons. The third-order valence-electron chi connectivity index (χ3n) is 5.80. The summed E-state index contributed by atoms with van der Waals surface area (Å²) in [7, 11) is 0. The van der Waals surface area contributed by atoms with Gasteiger partial charge in [0.05, 0.1) is 11.1 Å². The van der Waals surface area contributed by atoms with Crippen molar-refractivity contribution in [1.82, 2.24) is 15.2 Å². The van der Waals surface area contributed by atoms with Gasteiger partial charge in [-0.05, 0) is 30.9 Å². The first-order valence-electron chi connectivity index (χ1n) is 9.83. The smallest absolute Gasteiger partial charge is 0.336 e. The molecule has 0 atom stereocenters. The molecule has 2 saturated heterocycles. The number of nitrogens with zero attached hydrogens (tertiary/aromatic N) is 3. The van der Waals surface area contributed by atoms with E-state index in [2.05, 4.69) is 10.3 Å². The summed E-state index contributed by atoms with van der Waals surface area (Å²) < 4.78 is 0. The van der Waals surface area contributed by atoms with E-state index in [0.717, 1.165) is 0 Å². The number of aromatic carboxylic acids is 1. The van der Waals surface area contributed by atoms with Crippen LogP contribution in [0.3, 0.4) is 0 Å². The van der Waals surface area contributed by atoms with Crippen LogP contribution in [-0.4, -0.2) is 58.1 Å². The number of imide groups is 1. The number of carbonyl (C=O) groups excluding carboxylic acids is 2. The first-order valence-corrected chi connectivity index (χ1v) is 9.83. The number of carboxylic acids is 1. The highest BCUT2D eigenvalue weighted by Gasteiger charge is 2.54. The molecule has 4 rings (SSSR count). The summed E-state index contributed by atoms with van der Waals surface area (Å²) in [6.45, 7) is 5.59. The lowest BCUT2D eigenvalue weighted by atomic mass is 9.85. The first kappa shape index (κ1) is 19.2. The average molecular weight is 396 g/mol. The number of rotatable bonds is 4. The Hall–Kier alpha value is -3.16. The molecule has 0 aliphatic carbocycles. The number of fused-ring (bicyclic) bond motifs is 1. The van der Waals surface area contributed by atoms with Crippen LogP contribution in [0.4, 0.5) is 10.6 Å². The molecule has 2 fully saturated rings. The molecule has 1 aromatic carbocycles. The number of benzene rings is 1. The number of aromatic nitrogens is 1. The van der Waals surface area contributed by atoms with Crippen molar-refractivity contribution in [3.63, 3.8) is 0 Å². The largest absolute Gasteiger partial charge is 0.478 e. The van der Waals surface area contributed by atoms with Crippen molar-refractivity contribution in [2.75, 3.05) is 24.5 Å². The molecule has 0 radical (unpaired) electrons. The van der Waals surface area contributed by atoms with Crippen LogP contribution < -0.4 is 10.2 Å². The number of amides is 3. The van der Waals surface area contributed by atoms with E-state index >= 15 is 0 Å². The SMILES string of the molecule is CC(C)CN1C(=O)NC(=O)C12CCN(c1cc(C(=O)O)c3ccccc3n1)CC2. The number of anilines is 1. The number of urea groups is 1. The van der Waals surface area contributed by atoms with Gasteiger partial charge >= 0.3 is 12.0 Å². The van der Waals surface area contributed by atoms with Crippen LogP contribution in [0, 0.1) is 5.92 Å². The molecule has 2 N–H and O–H groups in total. The Morgan fingerprint density at radius 1 is 1.24 bits per heavy atom. The van der Waals surface area contributed by atoms with Gasteiger partial charge in [0.2, 0.25) is 0 Å². The summed E-state index contributed by atoms with van der Waals surface area (Å²) >= 11 is 0. The number of para-hydroxylation sites is 1. The molecule has 8 heteroatoms. The summed E-state index contributed by atoms with van der Waals surface area (Å²) in [5.74, 6) is -0.402. The lowest BCUT2D eigenvalue weighted by Crippen LogP contribution is -2.57. The van der Waals surface area contributed by atoms with E-state index in [1.165, 1.54) is 0 Å². The second kappa shape index (κ2) is 7.02. The van der Waals surface area contributed by atoms with E-state index < -0.39 is 11.5 Å². The summed E-state index contributed by atoms with van der Waals surface area (Å²) in [5.41, 5.74) is 0.00338. The predicted molar refractivity (Wildman–Crippen MR) is 108 cm³/mol. The zero-order valence-corrected chi connectivity index (χ0v) is 16.5. The van der Waals surface area contributed by atoms with E-state index in [1.54, 1.807) is 29.2 Å². The van der Waals surface area contributed by atoms with Gasteiger partial charge in [0.25, 0.3) is 5.91 Å². The number of nitrogens with one attached hydrogen (secondary N) is 1. The van der Waals surface area contributed by atoms with Crippen molar-refractivity contribution >= 4 is 34.6 Å². The van der Waals surface area contributed by atoms with E-state index in [1.807, 2.05) is 24.8 Å². The van der Waals surface area contributed by atoms with Crippen LogP contribution in [0.1, 0.15) is 37.0 Å². The Morgan fingerprint density at radius 3 is 2.59 bits per heavy atom. The van der Waals surface area contributed by atoms with Crippen molar-refractivity contribution in [2.24, 2.45) is 5.92 Å². The summed E-state index contributed by atoms with van der Waals surface area (Å²) in [6, 6.07) is 8.43. The molecule has 2 aliphatic rings. The fourth-order valence-electron chi connectivity index (χ4n) is 4.32. The van der Waals surface area contributed by atoms with Crippen LogP contribution >= 0.6 is 0 Å². The molecule has 3 heterocycles. The normalized spacial score (nSPS) is 18.7. The minimum Gasteiger partial charge on any atom is -0.478 e. The lowest BCUT2D eigenvalue weighted by Gasteiger charge is -2.43. The highest BCUT2D eigenvalue weighted by molar-refractivity contribution is 6.07. The summed E-state index contributed by atoms with van der Waals surface area (Å²) in [5, 5.41) is 12.7. The zero-order chi connectivity index (χ0) is 20.8. The Morgan fingerprint density at radius 2 is 1.93 bits per heavy atom. The van der Waals surface area contributed by atoms with Crippen LogP contribution in [0.15, 0.2) is 30.3 Å². The Balaban J connectivity index is 1.62. The van der Waals surface area contributed by atoms with Gasteiger partial charge in [-0.2, -0.15) is 0 Å². The highest BCUT2D eigenvalue weighted by Crippen LogP contribution is 2.35. The third-order valence-corrected chi connectivity index (χ3v) is 5.80. The molecule has 2 aromatic rings. The van der Waals surface area contributed by atoms with Gasteiger partial charge in [-0.3, -0.25) is 10.1 Å². The fraction of sp³-hybridized carbons (Fsp3) is 0.429. The second-order valence-corrected chi connectivity index (χ2v) is 8.13. The first-order chi connectivity index (χ1) is 13.8. The van der Waals surface area contributed by atoms with Crippen molar-refractivity contribution in [3.05, 3.63) is 35.9 Å². The van der Waals surface area contributed by atoms with Gasteiger partial charge in [-0.1, -0.05) is 32.0 Å². The molecule has 0 unspecified atom stereocenters. The van der Waals surface area contributed by atoms with Crippen LogP contribution in [-0.2, 0) is 4.79 Å². The highest BCUT2D eigenvalue weighted by atomic mass is 16.4. The topological polar surface area (TPSA) is 103 Å². The number of piperidine rings is 1. The van der Waals surface area contributed by atoms with Crippen molar-refractivity contribution in [2.45, 2.75) is 32.2 Å². The number of carbonyl (C=O) groups is 3. The van der Waals surface area contributed by atoms with Crippen molar-refractivity contribution in [3.8, 4) is 0 Å². The van der Waals surface area contributed by atoms with Gasteiger partial charge in [-0.15, -0.1) is 0 Å². The molecule has 2 aliphatic heterocycles. The minimum absolute atomic E-state index is 0.209. The number of hydrogen-bond acceptors (Lipinski definition) is 5. The van der Waals surface area contributed by atoms with E-state index in [9.17, 15) is 19.5 Å². The number of pyridine rings is 1. The van der Waals surface area contributed by atoms with E-state index in [4.69, 9.17) is 0 Å². The molecule has 29 heavy (non-hydrogen) atoms. The average Bonchev–Trinajstić information content (AvgIpc) is 2.91. The maximum atomic E-state index is 12.6. The maximum absolute atomic E-state index is 12.6. The lowest BCUT2D eigenvalue weighted by molar-refractivity contribution is -0.127. The molecule has 0 saturated carbocycles. The summed E-state index contributed by atoms with van der Waals surface area (Å²) in [6.07, 6.45) is 0.961. The van der Waals surface area contributed by atoms with Crippen molar-refractivity contribution < 1.29 is 19.5 Å². The number of carboxylic acid groups (broad SMARTS) is 1. The van der Waals surface area contributed by atoms with Crippen LogP contribution in [0.2, 0.25) is 0 Å². The summed E-state index contributed by atoms with van der Waals surface area (Å²) in [4.78, 5) is 45.0. The minimum atomic E-state index is -0.998. The fourth-order valence-corrected chi connectivity index (χ4v) is 4.32.